The monoisotopic (exact) mass is 355 g/mol. The van der Waals surface area contributed by atoms with E-state index in [4.69, 9.17) is 4.74 Å². The Kier molecular flexibility index (Phi) is 4.21. The van der Waals surface area contributed by atoms with Gasteiger partial charge in [0.25, 0.3) is 0 Å². The molecular weight excluding hydrogens is 330 g/mol. The first-order valence-electron chi connectivity index (χ1n) is 9.90. The summed E-state index contributed by atoms with van der Waals surface area (Å²) < 4.78 is 5.58. The SMILES string of the molecule is COc1ccc(C2=CC3CCC(C2)N3Cc2ccccc2)c2ccccc12. The second kappa shape index (κ2) is 6.86. The Morgan fingerprint density at radius 3 is 2.44 bits per heavy atom. The summed E-state index contributed by atoms with van der Waals surface area (Å²) >= 11 is 0. The van der Waals surface area contributed by atoms with Gasteiger partial charge in [0.2, 0.25) is 0 Å². The summed E-state index contributed by atoms with van der Waals surface area (Å²) in [5.41, 5.74) is 4.30. The van der Waals surface area contributed by atoms with Crippen LogP contribution in [0.3, 0.4) is 0 Å². The topological polar surface area (TPSA) is 12.5 Å². The third kappa shape index (κ3) is 2.94. The fourth-order valence-corrected chi connectivity index (χ4v) is 4.89. The van der Waals surface area contributed by atoms with Crippen LogP contribution in [0.15, 0.2) is 72.8 Å². The van der Waals surface area contributed by atoms with E-state index in [1.807, 2.05) is 0 Å². The van der Waals surface area contributed by atoms with Gasteiger partial charge in [-0.1, -0.05) is 66.7 Å². The first-order chi connectivity index (χ1) is 13.3. The molecule has 0 aromatic heterocycles. The molecule has 3 aromatic rings. The molecule has 3 aromatic carbocycles. The van der Waals surface area contributed by atoms with E-state index in [9.17, 15) is 0 Å². The predicted molar refractivity (Wildman–Crippen MR) is 112 cm³/mol. The number of hydrogen-bond donors (Lipinski definition) is 0. The number of fused-ring (bicyclic) bond motifs is 3. The third-order valence-corrected chi connectivity index (χ3v) is 6.20. The maximum absolute atomic E-state index is 5.58. The lowest BCUT2D eigenvalue weighted by molar-refractivity contribution is 0.203. The van der Waals surface area contributed by atoms with Crippen LogP contribution in [0.2, 0.25) is 0 Å². The van der Waals surface area contributed by atoms with Crippen molar-refractivity contribution in [3.05, 3.63) is 83.9 Å². The third-order valence-electron chi connectivity index (χ3n) is 6.20. The molecule has 136 valence electrons. The first kappa shape index (κ1) is 16.6. The van der Waals surface area contributed by atoms with Crippen molar-refractivity contribution in [1.29, 1.82) is 0 Å². The van der Waals surface area contributed by atoms with Crippen molar-refractivity contribution < 1.29 is 4.74 Å². The second-order valence-corrected chi connectivity index (χ2v) is 7.71. The van der Waals surface area contributed by atoms with Gasteiger partial charge in [0.1, 0.15) is 5.75 Å². The zero-order chi connectivity index (χ0) is 18.2. The molecule has 27 heavy (non-hydrogen) atoms. The molecule has 2 heteroatoms. The molecule has 0 radical (unpaired) electrons. The number of ether oxygens (including phenoxy) is 1. The lowest BCUT2D eigenvalue weighted by atomic mass is 9.90. The fourth-order valence-electron chi connectivity index (χ4n) is 4.89. The Labute approximate surface area is 161 Å². The van der Waals surface area contributed by atoms with Crippen molar-refractivity contribution in [2.45, 2.75) is 37.9 Å². The van der Waals surface area contributed by atoms with Crippen LogP contribution in [0.1, 0.15) is 30.4 Å². The molecule has 2 aliphatic rings. The molecule has 2 aliphatic heterocycles. The molecule has 0 N–H and O–H groups in total. The van der Waals surface area contributed by atoms with Crippen LogP contribution >= 0.6 is 0 Å². The lowest BCUT2D eigenvalue weighted by Crippen LogP contribution is -2.37. The van der Waals surface area contributed by atoms with Crippen LogP contribution in [0.25, 0.3) is 16.3 Å². The van der Waals surface area contributed by atoms with Crippen LogP contribution in [-0.2, 0) is 6.54 Å². The molecule has 0 spiro atoms. The second-order valence-electron chi connectivity index (χ2n) is 7.71. The summed E-state index contributed by atoms with van der Waals surface area (Å²) in [7, 11) is 1.75. The van der Waals surface area contributed by atoms with E-state index in [1.165, 1.54) is 40.3 Å². The Balaban J connectivity index is 1.50. The zero-order valence-corrected chi connectivity index (χ0v) is 15.8. The van der Waals surface area contributed by atoms with Gasteiger partial charge in [-0.2, -0.15) is 0 Å². The van der Waals surface area contributed by atoms with E-state index < -0.39 is 0 Å². The van der Waals surface area contributed by atoms with E-state index in [1.54, 1.807) is 7.11 Å². The van der Waals surface area contributed by atoms with E-state index >= 15 is 0 Å². The summed E-state index contributed by atoms with van der Waals surface area (Å²) in [6.07, 6.45) is 6.24. The summed E-state index contributed by atoms with van der Waals surface area (Å²) in [5.74, 6) is 0.958. The predicted octanol–water partition coefficient (Wildman–Crippen LogP) is 5.67. The van der Waals surface area contributed by atoms with Crippen LogP contribution < -0.4 is 4.74 Å². The van der Waals surface area contributed by atoms with Gasteiger partial charge in [-0.3, -0.25) is 4.90 Å². The maximum Gasteiger partial charge on any atom is 0.126 e. The highest BCUT2D eigenvalue weighted by Crippen LogP contribution is 2.42. The fraction of sp³-hybridized carbons (Fsp3) is 0.280. The standard InChI is InChI=1S/C25H25NO/c1-27-25-14-13-22(23-9-5-6-10-24(23)25)19-15-20-11-12-21(16-19)26(20)17-18-7-3-2-4-8-18/h2-10,13-15,20-21H,11-12,16-17H2,1H3. The van der Waals surface area contributed by atoms with Crippen LogP contribution in [0.5, 0.6) is 5.75 Å². The molecule has 0 saturated carbocycles. The average molecular weight is 355 g/mol. The van der Waals surface area contributed by atoms with Crippen molar-refractivity contribution in [2.24, 2.45) is 0 Å². The van der Waals surface area contributed by atoms with Gasteiger partial charge in [-0.25, -0.2) is 0 Å². The van der Waals surface area contributed by atoms with E-state index in [2.05, 4.69) is 77.7 Å². The lowest BCUT2D eigenvalue weighted by Gasteiger charge is -2.34. The number of benzene rings is 3. The molecule has 2 unspecified atom stereocenters. The minimum atomic E-state index is 0.555. The van der Waals surface area contributed by atoms with Gasteiger partial charge in [0, 0.05) is 24.0 Å². The zero-order valence-electron chi connectivity index (χ0n) is 15.8. The number of nitrogens with zero attached hydrogens (tertiary/aromatic N) is 1. The van der Waals surface area contributed by atoms with Crippen molar-refractivity contribution >= 4 is 16.3 Å². The van der Waals surface area contributed by atoms with E-state index in [0.29, 0.717) is 12.1 Å². The first-order valence-corrected chi connectivity index (χ1v) is 9.90. The maximum atomic E-state index is 5.58. The van der Waals surface area contributed by atoms with Crippen molar-refractivity contribution in [3.63, 3.8) is 0 Å². The summed E-state index contributed by atoms with van der Waals surface area (Å²) in [5, 5.41) is 2.51. The van der Waals surface area contributed by atoms with E-state index in [-0.39, 0.29) is 0 Å². The summed E-state index contributed by atoms with van der Waals surface area (Å²) in [4.78, 5) is 2.70. The highest BCUT2D eigenvalue weighted by Gasteiger charge is 2.36. The Morgan fingerprint density at radius 2 is 1.67 bits per heavy atom. The average Bonchev–Trinajstić information content (AvgIpc) is 2.95. The molecule has 0 aliphatic carbocycles. The molecular formula is C25H25NO. The Hall–Kier alpha value is -2.58. The molecule has 2 atom stereocenters. The van der Waals surface area contributed by atoms with Crippen LogP contribution in [0, 0.1) is 0 Å². The van der Waals surface area contributed by atoms with Crippen molar-refractivity contribution in [3.8, 4) is 5.75 Å². The van der Waals surface area contributed by atoms with Gasteiger partial charge in [0.05, 0.1) is 7.11 Å². The van der Waals surface area contributed by atoms with Gasteiger partial charge in [-0.15, -0.1) is 0 Å². The minimum absolute atomic E-state index is 0.555. The van der Waals surface area contributed by atoms with Crippen molar-refractivity contribution in [2.75, 3.05) is 7.11 Å². The Morgan fingerprint density at radius 1 is 0.889 bits per heavy atom. The molecule has 2 heterocycles. The van der Waals surface area contributed by atoms with Gasteiger partial charge in [-0.05, 0) is 47.4 Å². The normalized spacial score (nSPS) is 22.0. The number of rotatable bonds is 4. The van der Waals surface area contributed by atoms with Gasteiger partial charge >= 0.3 is 0 Å². The molecule has 1 saturated heterocycles. The minimum Gasteiger partial charge on any atom is -0.496 e. The molecule has 2 bridgehead atoms. The summed E-state index contributed by atoms with van der Waals surface area (Å²) in [6, 6.07) is 25.1. The smallest absolute Gasteiger partial charge is 0.126 e. The quantitative estimate of drug-likeness (QED) is 0.598. The van der Waals surface area contributed by atoms with Crippen molar-refractivity contribution in [1.82, 2.24) is 4.90 Å². The highest BCUT2D eigenvalue weighted by molar-refractivity contribution is 5.97. The molecule has 0 amide bonds. The number of methoxy groups -OCH3 is 1. The van der Waals surface area contributed by atoms with Gasteiger partial charge < -0.3 is 4.74 Å². The highest BCUT2D eigenvalue weighted by atomic mass is 16.5. The summed E-state index contributed by atoms with van der Waals surface area (Å²) in [6.45, 7) is 1.06. The van der Waals surface area contributed by atoms with Gasteiger partial charge in [0.15, 0.2) is 0 Å². The number of hydrogen-bond acceptors (Lipinski definition) is 2. The Bertz CT molecular complexity index is 992. The molecule has 1 fully saturated rings. The van der Waals surface area contributed by atoms with E-state index in [0.717, 1.165) is 18.7 Å². The molecule has 2 nitrogen and oxygen atoms in total. The molecule has 5 rings (SSSR count). The van der Waals surface area contributed by atoms with Crippen LogP contribution in [0.4, 0.5) is 0 Å². The van der Waals surface area contributed by atoms with Crippen LogP contribution in [-0.4, -0.2) is 24.1 Å². The largest absolute Gasteiger partial charge is 0.496 e.